The molecule has 1 fully saturated rings. The van der Waals surface area contributed by atoms with Gasteiger partial charge in [0.05, 0.1) is 11.7 Å². The maximum absolute atomic E-state index is 10.6. The van der Waals surface area contributed by atoms with Gasteiger partial charge in [-0.15, -0.1) is 0 Å². The molecule has 1 aliphatic rings. The largest absolute Gasteiger partial charge is 0.393 e. The van der Waals surface area contributed by atoms with E-state index in [2.05, 4.69) is 26.0 Å². The number of aliphatic hydroxyl groups excluding tert-OH is 1. The molecule has 0 saturated heterocycles. The van der Waals surface area contributed by atoms with Crippen molar-refractivity contribution in [1.82, 2.24) is 0 Å². The number of benzene rings is 1. The minimum atomic E-state index is -0.725. The van der Waals surface area contributed by atoms with E-state index in [1.807, 2.05) is 6.07 Å². The van der Waals surface area contributed by atoms with Crippen molar-refractivity contribution in [2.75, 3.05) is 0 Å². The predicted molar refractivity (Wildman–Crippen MR) is 64.3 cm³/mol. The Balaban J connectivity index is 2.25. The van der Waals surface area contributed by atoms with Gasteiger partial charge in [-0.2, -0.15) is 0 Å². The molecule has 88 valence electrons. The summed E-state index contributed by atoms with van der Waals surface area (Å²) < 4.78 is 0. The van der Waals surface area contributed by atoms with Gasteiger partial charge in [-0.25, -0.2) is 0 Å². The van der Waals surface area contributed by atoms with Crippen molar-refractivity contribution < 1.29 is 10.2 Å². The Morgan fingerprint density at radius 3 is 2.31 bits per heavy atom. The van der Waals surface area contributed by atoms with E-state index in [0.717, 1.165) is 5.56 Å². The van der Waals surface area contributed by atoms with Gasteiger partial charge >= 0.3 is 0 Å². The van der Waals surface area contributed by atoms with Crippen LogP contribution in [0.2, 0.25) is 0 Å². The summed E-state index contributed by atoms with van der Waals surface area (Å²) in [6.45, 7) is 4.15. The monoisotopic (exact) mass is 220 g/mol. The van der Waals surface area contributed by atoms with Crippen molar-refractivity contribution in [2.45, 2.75) is 51.2 Å². The third-order valence-corrected chi connectivity index (χ3v) is 3.83. The van der Waals surface area contributed by atoms with Crippen LogP contribution in [-0.4, -0.2) is 16.3 Å². The predicted octanol–water partition coefficient (Wildman–Crippen LogP) is 2.43. The molecule has 1 aromatic rings. The van der Waals surface area contributed by atoms with Crippen LogP contribution in [-0.2, 0) is 5.60 Å². The fourth-order valence-corrected chi connectivity index (χ4v) is 2.40. The summed E-state index contributed by atoms with van der Waals surface area (Å²) in [7, 11) is 0. The van der Waals surface area contributed by atoms with Gasteiger partial charge in [0.15, 0.2) is 0 Å². The lowest BCUT2D eigenvalue weighted by Gasteiger charge is -2.35. The Bertz CT molecular complexity index is 376. The summed E-state index contributed by atoms with van der Waals surface area (Å²) in [5.74, 6) is 0. The lowest BCUT2D eigenvalue weighted by Crippen LogP contribution is -2.33. The van der Waals surface area contributed by atoms with Crippen LogP contribution in [0.4, 0.5) is 0 Å². The van der Waals surface area contributed by atoms with Crippen molar-refractivity contribution in [3.63, 3.8) is 0 Å². The third-order valence-electron chi connectivity index (χ3n) is 3.83. The van der Waals surface area contributed by atoms with Crippen LogP contribution >= 0.6 is 0 Å². The molecule has 0 bridgehead atoms. The van der Waals surface area contributed by atoms with Gasteiger partial charge in [-0.1, -0.05) is 18.2 Å². The molecule has 0 unspecified atom stereocenters. The van der Waals surface area contributed by atoms with Crippen LogP contribution in [0.5, 0.6) is 0 Å². The third kappa shape index (κ3) is 2.13. The van der Waals surface area contributed by atoms with E-state index >= 15 is 0 Å². The first-order valence-corrected chi connectivity index (χ1v) is 5.99. The molecule has 0 radical (unpaired) electrons. The summed E-state index contributed by atoms with van der Waals surface area (Å²) in [5, 5.41) is 20.0. The van der Waals surface area contributed by atoms with E-state index in [-0.39, 0.29) is 6.10 Å². The molecule has 16 heavy (non-hydrogen) atoms. The Morgan fingerprint density at radius 2 is 1.75 bits per heavy atom. The van der Waals surface area contributed by atoms with Gasteiger partial charge in [0.25, 0.3) is 0 Å². The zero-order valence-electron chi connectivity index (χ0n) is 10.0. The van der Waals surface area contributed by atoms with Gasteiger partial charge in [-0.3, -0.25) is 0 Å². The van der Waals surface area contributed by atoms with Gasteiger partial charge < -0.3 is 10.2 Å². The Labute approximate surface area is 96.9 Å². The lowest BCUT2D eigenvalue weighted by molar-refractivity contribution is -0.0361. The smallest absolute Gasteiger partial charge is 0.0898 e. The van der Waals surface area contributed by atoms with Gasteiger partial charge in [0.2, 0.25) is 0 Å². The number of hydrogen-bond donors (Lipinski definition) is 2. The Morgan fingerprint density at radius 1 is 1.12 bits per heavy atom. The number of aryl methyl sites for hydroxylation is 2. The number of aliphatic hydroxyl groups is 2. The molecule has 0 heterocycles. The van der Waals surface area contributed by atoms with Crippen molar-refractivity contribution in [3.8, 4) is 0 Å². The van der Waals surface area contributed by atoms with E-state index in [1.54, 1.807) is 0 Å². The summed E-state index contributed by atoms with van der Waals surface area (Å²) in [6.07, 6.45) is 2.49. The molecule has 2 N–H and O–H groups in total. The fourth-order valence-electron chi connectivity index (χ4n) is 2.40. The molecular formula is C14H20O2. The van der Waals surface area contributed by atoms with Gasteiger partial charge in [0.1, 0.15) is 0 Å². The summed E-state index contributed by atoms with van der Waals surface area (Å²) in [6, 6.07) is 6.15. The quantitative estimate of drug-likeness (QED) is 0.763. The molecule has 1 aromatic carbocycles. The van der Waals surface area contributed by atoms with E-state index < -0.39 is 5.60 Å². The zero-order chi connectivity index (χ0) is 11.8. The second-order valence-corrected chi connectivity index (χ2v) is 5.06. The maximum atomic E-state index is 10.6. The van der Waals surface area contributed by atoms with Gasteiger partial charge in [0, 0.05) is 0 Å². The van der Waals surface area contributed by atoms with Crippen molar-refractivity contribution >= 4 is 0 Å². The van der Waals surface area contributed by atoms with Crippen LogP contribution in [0, 0.1) is 13.8 Å². The van der Waals surface area contributed by atoms with Crippen LogP contribution in [0.3, 0.4) is 0 Å². The van der Waals surface area contributed by atoms with E-state index in [0.29, 0.717) is 25.7 Å². The molecule has 0 amide bonds. The Kier molecular flexibility index (Phi) is 3.04. The molecule has 2 nitrogen and oxygen atoms in total. The van der Waals surface area contributed by atoms with Gasteiger partial charge in [-0.05, 0) is 56.2 Å². The topological polar surface area (TPSA) is 40.5 Å². The zero-order valence-corrected chi connectivity index (χ0v) is 10.0. The number of rotatable bonds is 1. The molecule has 0 aliphatic heterocycles. The normalized spacial score (nSPS) is 30.4. The maximum Gasteiger partial charge on any atom is 0.0898 e. The standard InChI is InChI=1S/C14H20O2/c1-10-3-4-12(9-11(10)2)14(16)7-5-13(15)6-8-14/h3-4,9,13,15-16H,5-8H2,1-2H3/t13-,14-. The first-order valence-electron chi connectivity index (χ1n) is 5.99. The molecule has 0 atom stereocenters. The fraction of sp³-hybridized carbons (Fsp3) is 0.571. The van der Waals surface area contributed by atoms with Crippen LogP contribution in [0.25, 0.3) is 0 Å². The summed E-state index contributed by atoms with van der Waals surface area (Å²) in [4.78, 5) is 0. The van der Waals surface area contributed by atoms with E-state index in [4.69, 9.17) is 0 Å². The molecule has 1 saturated carbocycles. The highest BCUT2D eigenvalue weighted by Gasteiger charge is 2.34. The van der Waals surface area contributed by atoms with Crippen LogP contribution in [0.15, 0.2) is 18.2 Å². The van der Waals surface area contributed by atoms with E-state index in [9.17, 15) is 10.2 Å². The highest BCUT2D eigenvalue weighted by molar-refractivity contribution is 5.33. The molecular weight excluding hydrogens is 200 g/mol. The SMILES string of the molecule is Cc1ccc([C@]2(O)CC[C@H](O)CC2)cc1C. The summed E-state index contributed by atoms with van der Waals surface area (Å²) >= 11 is 0. The molecule has 0 spiro atoms. The highest BCUT2D eigenvalue weighted by Crippen LogP contribution is 2.37. The first kappa shape index (κ1) is 11.6. The average molecular weight is 220 g/mol. The van der Waals surface area contributed by atoms with E-state index in [1.165, 1.54) is 11.1 Å². The van der Waals surface area contributed by atoms with Crippen molar-refractivity contribution in [3.05, 3.63) is 34.9 Å². The highest BCUT2D eigenvalue weighted by atomic mass is 16.3. The minimum Gasteiger partial charge on any atom is -0.393 e. The lowest BCUT2D eigenvalue weighted by atomic mass is 9.78. The minimum absolute atomic E-state index is 0.230. The molecule has 2 heteroatoms. The van der Waals surface area contributed by atoms with Crippen molar-refractivity contribution in [2.24, 2.45) is 0 Å². The number of hydrogen-bond acceptors (Lipinski definition) is 2. The first-order chi connectivity index (χ1) is 7.51. The molecule has 1 aliphatic carbocycles. The second-order valence-electron chi connectivity index (χ2n) is 5.06. The average Bonchev–Trinajstić information content (AvgIpc) is 2.26. The second kappa shape index (κ2) is 4.19. The van der Waals surface area contributed by atoms with Crippen LogP contribution in [0.1, 0.15) is 42.4 Å². The van der Waals surface area contributed by atoms with Crippen molar-refractivity contribution in [1.29, 1.82) is 0 Å². The Hall–Kier alpha value is -0.860. The molecule has 2 rings (SSSR count). The summed E-state index contributed by atoms with van der Waals surface area (Å²) in [5.41, 5.74) is 2.75. The van der Waals surface area contributed by atoms with Crippen LogP contribution < -0.4 is 0 Å². The molecule has 0 aromatic heterocycles.